The molecule has 4 rings (SSSR count). The molecule has 1 aromatic heterocycles. The lowest BCUT2D eigenvalue weighted by atomic mass is 9.75. The Hall–Kier alpha value is -2.34. The van der Waals surface area contributed by atoms with Gasteiger partial charge in [-0.25, -0.2) is 4.98 Å². The maximum absolute atomic E-state index is 12.6. The summed E-state index contributed by atoms with van der Waals surface area (Å²) in [5.41, 5.74) is 2.25. The minimum absolute atomic E-state index is 0.122. The van der Waals surface area contributed by atoms with Crippen LogP contribution in [0.15, 0.2) is 30.6 Å². The molecule has 126 valence electrons. The largest absolute Gasteiger partial charge is 0.493 e. The van der Waals surface area contributed by atoms with E-state index < -0.39 is 0 Å². The lowest BCUT2D eigenvalue weighted by molar-refractivity contribution is 0.0233. The molecule has 0 saturated heterocycles. The Kier molecular flexibility index (Phi) is 3.76. The first kappa shape index (κ1) is 15.2. The molecule has 1 aliphatic heterocycles. The van der Waals surface area contributed by atoms with Crippen LogP contribution in [0.3, 0.4) is 0 Å². The van der Waals surface area contributed by atoms with Crippen molar-refractivity contribution < 1.29 is 14.6 Å². The summed E-state index contributed by atoms with van der Waals surface area (Å²) in [5.74, 6) is 1.38. The normalized spacial score (nSPS) is 23.1. The number of aromatic nitrogens is 2. The third-order valence-corrected chi connectivity index (χ3v) is 5.00. The highest BCUT2D eigenvalue weighted by Gasteiger charge is 2.36. The van der Waals surface area contributed by atoms with E-state index >= 15 is 0 Å². The van der Waals surface area contributed by atoms with Crippen LogP contribution >= 0.6 is 0 Å². The van der Waals surface area contributed by atoms with Crippen LogP contribution in [0.2, 0.25) is 0 Å². The number of aliphatic hydroxyl groups excluding tert-OH is 1. The summed E-state index contributed by atoms with van der Waals surface area (Å²) in [6, 6.07) is 5.99. The highest BCUT2D eigenvalue weighted by molar-refractivity contribution is 5.91. The third kappa shape index (κ3) is 2.67. The average molecular weight is 327 g/mol. The highest BCUT2D eigenvalue weighted by Crippen LogP contribution is 2.39. The molecule has 1 saturated carbocycles. The molecule has 1 aliphatic carbocycles. The van der Waals surface area contributed by atoms with Gasteiger partial charge in [0.1, 0.15) is 5.75 Å². The molecule has 2 aliphatic rings. The highest BCUT2D eigenvalue weighted by atomic mass is 16.5. The molecule has 1 atom stereocenters. The summed E-state index contributed by atoms with van der Waals surface area (Å²) in [7, 11) is 1.80. The molecule has 0 spiro atoms. The quantitative estimate of drug-likeness (QED) is 0.894. The second kappa shape index (κ2) is 5.94. The number of imidazole rings is 1. The molecule has 2 heterocycles. The Balaban J connectivity index is 1.60. The number of aryl methyl sites for hydroxylation is 1. The molecule has 1 fully saturated rings. The predicted octanol–water partition coefficient (Wildman–Crippen LogP) is 1.60. The van der Waals surface area contributed by atoms with Crippen LogP contribution in [0.1, 0.15) is 40.6 Å². The van der Waals surface area contributed by atoms with Crippen molar-refractivity contribution in [3.05, 3.63) is 47.5 Å². The van der Waals surface area contributed by atoms with E-state index in [1.807, 2.05) is 12.1 Å². The van der Waals surface area contributed by atoms with Gasteiger partial charge in [-0.2, -0.15) is 0 Å². The van der Waals surface area contributed by atoms with Crippen LogP contribution in [-0.2, 0) is 13.5 Å². The fraction of sp³-hybridized carbons (Fsp3) is 0.444. The van der Waals surface area contributed by atoms with Gasteiger partial charge in [-0.3, -0.25) is 4.79 Å². The standard InChI is InChI=1S/C18H21N3O3/c1-21-6-5-19-17(21)18(23)20-16(13-9-14(22)10-13)12-2-3-15-11(8-12)4-7-24-15/h2-3,5-6,8,13-14,16,22H,4,7,9-10H2,1H3,(H,20,23)/t13?,14?,16-/m0/s1. The van der Waals surface area contributed by atoms with Crippen molar-refractivity contribution in [3.63, 3.8) is 0 Å². The van der Waals surface area contributed by atoms with Crippen LogP contribution in [0.5, 0.6) is 5.75 Å². The smallest absolute Gasteiger partial charge is 0.287 e. The minimum Gasteiger partial charge on any atom is -0.493 e. The third-order valence-electron chi connectivity index (χ3n) is 5.00. The molecule has 2 N–H and O–H groups in total. The van der Waals surface area contributed by atoms with Crippen LogP contribution in [0, 0.1) is 5.92 Å². The Bertz CT molecular complexity index is 765. The Labute approximate surface area is 140 Å². The molecule has 2 aromatic rings. The molecule has 6 nitrogen and oxygen atoms in total. The predicted molar refractivity (Wildman–Crippen MR) is 87.8 cm³/mol. The molecule has 1 amide bonds. The maximum atomic E-state index is 12.6. The number of nitrogens with zero attached hydrogens (tertiary/aromatic N) is 2. The van der Waals surface area contributed by atoms with Gasteiger partial charge < -0.3 is 19.7 Å². The zero-order chi connectivity index (χ0) is 16.7. The van der Waals surface area contributed by atoms with Gasteiger partial charge in [0.25, 0.3) is 5.91 Å². The summed E-state index contributed by atoms with van der Waals surface area (Å²) in [4.78, 5) is 16.7. The first-order valence-electron chi connectivity index (χ1n) is 8.33. The van der Waals surface area contributed by atoms with Crippen molar-refractivity contribution in [2.45, 2.75) is 31.4 Å². The minimum atomic E-state index is -0.264. The van der Waals surface area contributed by atoms with Crippen LogP contribution in [0.25, 0.3) is 0 Å². The SMILES string of the molecule is Cn1ccnc1C(=O)N[C@@H](c1ccc2c(c1)CCO2)C1CC(O)C1. The van der Waals surface area contributed by atoms with Gasteiger partial charge in [-0.15, -0.1) is 0 Å². The number of rotatable bonds is 4. The number of carbonyl (C=O) groups excluding carboxylic acids is 1. The molecule has 1 aromatic carbocycles. The summed E-state index contributed by atoms with van der Waals surface area (Å²) in [6.07, 6.45) is 5.42. The van der Waals surface area contributed by atoms with Gasteiger partial charge in [-0.1, -0.05) is 6.07 Å². The van der Waals surface area contributed by atoms with Gasteiger partial charge >= 0.3 is 0 Å². The van der Waals surface area contributed by atoms with Gasteiger partial charge in [0.05, 0.1) is 18.8 Å². The molecular formula is C18H21N3O3. The Morgan fingerprint density at radius 2 is 2.29 bits per heavy atom. The van der Waals surface area contributed by atoms with Gasteiger partial charge in [0, 0.05) is 25.9 Å². The second-order valence-electron chi connectivity index (χ2n) is 6.66. The van der Waals surface area contributed by atoms with Crippen LogP contribution < -0.4 is 10.1 Å². The zero-order valence-corrected chi connectivity index (χ0v) is 13.6. The van der Waals surface area contributed by atoms with Gasteiger partial charge in [-0.05, 0) is 42.0 Å². The van der Waals surface area contributed by atoms with Crippen molar-refractivity contribution in [1.82, 2.24) is 14.9 Å². The number of benzene rings is 1. The number of ether oxygens (including phenoxy) is 1. The maximum Gasteiger partial charge on any atom is 0.287 e. The van der Waals surface area contributed by atoms with Gasteiger partial charge in [0.15, 0.2) is 5.82 Å². The summed E-state index contributed by atoms with van der Waals surface area (Å²) >= 11 is 0. The molecule has 6 heteroatoms. The number of amides is 1. The lowest BCUT2D eigenvalue weighted by Gasteiger charge is -2.38. The van der Waals surface area contributed by atoms with E-state index in [9.17, 15) is 9.90 Å². The molecule has 0 radical (unpaired) electrons. The second-order valence-corrected chi connectivity index (χ2v) is 6.66. The summed E-state index contributed by atoms with van der Waals surface area (Å²) in [6.45, 7) is 0.714. The van der Waals surface area contributed by atoms with E-state index in [-0.39, 0.29) is 24.0 Å². The van der Waals surface area contributed by atoms with E-state index in [4.69, 9.17) is 4.74 Å². The lowest BCUT2D eigenvalue weighted by Crippen LogP contribution is -2.42. The number of hydrogen-bond donors (Lipinski definition) is 2. The van der Waals surface area contributed by atoms with E-state index in [0.717, 1.165) is 17.7 Å². The monoisotopic (exact) mass is 327 g/mol. The van der Waals surface area contributed by atoms with E-state index in [1.54, 1.807) is 24.0 Å². The molecule has 24 heavy (non-hydrogen) atoms. The van der Waals surface area contributed by atoms with Crippen molar-refractivity contribution in [2.75, 3.05) is 6.61 Å². The van der Waals surface area contributed by atoms with E-state index in [1.165, 1.54) is 5.56 Å². The van der Waals surface area contributed by atoms with Crippen LogP contribution in [0.4, 0.5) is 0 Å². The van der Waals surface area contributed by atoms with Crippen LogP contribution in [-0.4, -0.2) is 33.3 Å². The topological polar surface area (TPSA) is 76.4 Å². The van der Waals surface area contributed by atoms with Crippen molar-refractivity contribution in [1.29, 1.82) is 0 Å². The fourth-order valence-corrected chi connectivity index (χ4v) is 3.57. The van der Waals surface area contributed by atoms with E-state index in [0.29, 0.717) is 25.3 Å². The van der Waals surface area contributed by atoms with Crippen molar-refractivity contribution >= 4 is 5.91 Å². The number of fused-ring (bicyclic) bond motifs is 1. The average Bonchev–Trinajstić information content (AvgIpc) is 3.17. The van der Waals surface area contributed by atoms with Gasteiger partial charge in [0.2, 0.25) is 0 Å². The number of hydrogen-bond acceptors (Lipinski definition) is 4. The fourth-order valence-electron chi connectivity index (χ4n) is 3.57. The number of aliphatic hydroxyl groups is 1. The Morgan fingerprint density at radius 1 is 1.46 bits per heavy atom. The van der Waals surface area contributed by atoms with Crippen molar-refractivity contribution in [3.8, 4) is 5.75 Å². The summed E-state index contributed by atoms with van der Waals surface area (Å²) in [5, 5.41) is 12.8. The zero-order valence-electron chi connectivity index (χ0n) is 13.6. The number of carbonyl (C=O) groups is 1. The van der Waals surface area contributed by atoms with E-state index in [2.05, 4.69) is 16.4 Å². The molecule has 0 bridgehead atoms. The number of nitrogens with one attached hydrogen (secondary N) is 1. The molecule has 0 unspecified atom stereocenters. The summed E-state index contributed by atoms with van der Waals surface area (Å²) < 4.78 is 7.27. The first-order valence-corrected chi connectivity index (χ1v) is 8.33. The Morgan fingerprint density at radius 3 is 3.00 bits per heavy atom. The molecular weight excluding hydrogens is 306 g/mol. The first-order chi connectivity index (χ1) is 11.6. The van der Waals surface area contributed by atoms with Crippen molar-refractivity contribution in [2.24, 2.45) is 13.0 Å².